The van der Waals surface area contributed by atoms with Gasteiger partial charge in [0.05, 0.1) is 0 Å². The zero-order chi connectivity index (χ0) is 16.2. The third-order valence-corrected chi connectivity index (χ3v) is 5.72. The summed E-state index contributed by atoms with van der Waals surface area (Å²) in [4.78, 5) is 2.60. The van der Waals surface area contributed by atoms with Crippen LogP contribution in [0, 0.1) is 0 Å². The summed E-state index contributed by atoms with van der Waals surface area (Å²) >= 11 is 0. The Morgan fingerprint density at radius 1 is 0.792 bits per heavy atom. The Hall–Kier alpha value is -1.64. The average molecular weight is 320 g/mol. The third-order valence-electron chi connectivity index (χ3n) is 5.72. The Morgan fingerprint density at radius 3 is 2.08 bits per heavy atom. The first-order chi connectivity index (χ1) is 11.9. The van der Waals surface area contributed by atoms with E-state index in [1.807, 2.05) is 0 Å². The topological polar surface area (TPSA) is 15.3 Å². The number of hydrogen-bond acceptors (Lipinski definition) is 2. The molecule has 2 aromatic carbocycles. The van der Waals surface area contributed by atoms with Crippen LogP contribution >= 0.6 is 0 Å². The van der Waals surface area contributed by atoms with Crippen LogP contribution in [0.25, 0.3) is 0 Å². The van der Waals surface area contributed by atoms with Crippen molar-refractivity contribution in [2.45, 2.75) is 50.2 Å². The molecule has 1 aliphatic heterocycles. The molecule has 2 fully saturated rings. The van der Waals surface area contributed by atoms with Gasteiger partial charge >= 0.3 is 0 Å². The van der Waals surface area contributed by atoms with Crippen molar-refractivity contribution in [1.82, 2.24) is 10.2 Å². The van der Waals surface area contributed by atoms with Crippen molar-refractivity contribution in [2.75, 3.05) is 13.1 Å². The third kappa shape index (κ3) is 3.88. The minimum absolute atomic E-state index is 0.721. The fraction of sp³-hybridized carbons (Fsp3) is 0.455. The monoisotopic (exact) mass is 320 g/mol. The van der Waals surface area contributed by atoms with Gasteiger partial charge in [0.2, 0.25) is 0 Å². The molecule has 24 heavy (non-hydrogen) atoms. The van der Waals surface area contributed by atoms with Gasteiger partial charge in [0.25, 0.3) is 0 Å². The molecule has 0 aromatic heterocycles. The van der Waals surface area contributed by atoms with Gasteiger partial charge in [-0.3, -0.25) is 4.90 Å². The van der Waals surface area contributed by atoms with Crippen molar-refractivity contribution in [3.63, 3.8) is 0 Å². The molecule has 1 aliphatic carbocycles. The van der Waals surface area contributed by atoms with Crippen LogP contribution in [0.15, 0.2) is 60.7 Å². The van der Waals surface area contributed by atoms with E-state index in [0.717, 1.165) is 24.5 Å². The number of hydrogen-bond donors (Lipinski definition) is 1. The van der Waals surface area contributed by atoms with Gasteiger partial charge in [-0.15, -0.1) is 0 Å². The van der Waals surface area contributed by atoms with Gasteiger partial charge in [-0.05, 0) is 55.8 Å². The van der Waals surface area contributed by atoms with Crippen molar-refractivity contribution in [3.8, 4) is 0 Å². The second-order valence-corrected chi connectivity index (χ2v) is 7.48. The maximum atomic E-state index is 3.91. The van der Waals surface area contributed by atoms with E-state index >= 15 is 0 Å². The fourth-order valence-corrected chi connectivity index (χ4v) is 4.18. The molecule has 0 amide bonds. The number of benzene rings is 2. The highest BCUT2D eigenvalue weighted by Gasteiger charge is 2.32. The molecule has 1 saturated heterocycles. The minimum Gasteiger partial charge on any atom is -0.311 e. The summed E-state index contributed by atoms with van der Waals surface area (Å²) < 4.78 is 0. The molecule has 1 saturated carbocycles. The minimum atomic E-state index is 0.721. The first-order valence-electron chi connectivity index (χ1n) is 9.44. The number of nitrogens with one attached hydrogen (secondary N) is 1. The zero-order valence-electron chi connectivity index (χ0n) is 14.4. The lowest BCUT2D eigenvalue weighted by Crippen LogP contribution is -2.49. The van der Waals surface area contributed by atoms with Gasteiger partial charge in [-0.25, -0.2) is 0 Å². The highest BCUT2D eigenvalue weighted by Crippen LogP contribution is 2.37. The lowest BCUT2D eigenvalue weighted by molar-refractivity contribution is 0.165. The summed E-state index contributed by atoms with van der Waals surface area (Å²) in [6.45, 7) is 3.55. The second-order valence-electron chi connectivity index (χ2n) is 7.48. The Bertz CT molecular complexity index is 611. The molecule has 0 radical (unpaired) electrons. The van der Waals surface area contributed by atoms with Crippen LogP contribution in [0.3, 0.4) is 0 Å². The van der Waals surface area contributed by atoms with Crippen molar-refractivity contribution >= 4 is 0 Å². The maximum Gasteiger partial charge on any atom is 0.0233 e. The Kier molecular flexibility index (Phi) is 4.96. The largest absolute Gasteiger partial charge is 0.311 e. The van der Waals surface area contributed by atoms with Crippen molar-refractivity contribution < 1.29 is 0 Å². The molecule has 0 bridgehead atoms. The van der Waals surface area contributed by atoms with E-state index in [1.165, 1.54) is 49.9 Å². The van der Waals surface area contributed by atoms with Gasteiger partial charge in [0, 0.05) is 18.6 Å². The predicted octanol–water partition coefficient (Wildman–Crippen LogP) is 4.19. The van der Waals surface area contributed by atoms with Gasteiger partial charge in [-0.1, -0.05) is 60.7 Å². The normalized spacial score (nSPS) is 25.3. The van der Waals surface area contributed by atoms with Crippen molar-refractivity contribution in [3.05, 3.63) is 71.8 Å². The summed E-state index contributed by atoms with van der Waals surface area (Å²) in [5.74, 6) is 0.780. The van der Waals surface area contributed by atoms with Crippen LogP contribution < -0.4 is 5.32 Å². The lowest BCUT2D eigenvalue weighted by atomic mass is 9.75. The number of nitrogens with zero attached hydrogens (tertiary/aromatic N) is 1. The molecule has 1 heterocycles. The molecule has 2 aromatic rings. The van der Waals surface area contributed by atoms with E-state index in [4.69, 9.17) is 0 Å². The fourth-order valence-electron chi connectivity index (χ4n) is 4.18. The highest BCUT2D eigenvalue weighted by atomic mass is 15.1. The maximum absolute atomic E-state index is 3.91. The van der Waals surface area contributed by atoms with Gasteiger partial charge in [0.15, 0.2) is 0 Å². The first-order valence-corrected chi connectivity index (χ1v) is 9.44. The smallest absolute Gasteiger partial charge is 0.0233 e. The van der Waals surface area contributed by atoms with Gasteiger partial charge in [-0.2, -0.15) is 0 Å². The summed E-state index contributed by atoms with van der Waals surface area (Å²) in [6, 6.07) is 23.3. The number of piperidine rings is 1. The van der Waals surface area contributed by atoms with Crippen LogP contribution in [-0.4, -0.2) is 30.1 Å². The standard InChI is InChI=1S/C22H28N2/c1-3-7-18(8-4-1)17-24-13-11-21(12-14-24)23-22-15-20(16-22)19-9-5-2-6-10-19/h1-10,20-23H,11-17H2. The van der Waals surface area contributed by atoms with E-state index in [0.29, 0.717) is 0 Å². The molecule has 1 N–H and O–H groups in total. The summed E-state index contributed by atoms with van der Waals surface area (Å²) in [5, 5.41) is 3.91. The zero-order valence-corrected chi connectivity index (χ0v) is 14.4. The molecule has 0 unspecified atom stereocenters. The predicted molar refractivity (Wildman–Crippen MR) is 100 cm³/mol. The van der Waals surface area contributed by atoms with Crippen LogP contribution in [0.5, 0.6) is 0 Å². The van der Waals surface area contributed by atoms with Crippen LogP contribution in [0.1, 0.15) is 42.7 Å². The van der Waals surface area contributed by atoms with E-state index in [9.17, 15) is 0 Å². The van der Waals surface area contributed by atoms with E-state index < -0.39 is 0 Å². The highest BCUT2D eigenvalue weighted by molar-refractivity contribution is 5.22. The SMILES string of the molecule is c1ccc(CN2CCC(NC3CC(c4ccccc4)C3)CC2)cc1. The van der Waals surface area contributed by atoms with E-state index in [-0.39, 0.29) is 0 Å². The number of likely N-dealkylation sites (tertiary alicyclic amines) is 1. The summed E-state index contributed by atoms with van der Waals surface area (Å²) in [5.41, 5.74) is 2.96. The van der Waals surface area contributed by atoms with Crippen molar-refractivity contribution in [2.24, 2.45) is 0 Å². The van der Waals surface area contributed by atoms with Crippen LogP contribution in [-0.2, 0) is 6.54 Å². The van der Waals surface area contributed by atoms with Gasteiger partial charge in [0.1, 0.15) is 0 Å². The Balaban J connectivity index is 1.18. The van der Waals surface area contributed by atoms with Crippen LogP contribution in [0.4, 0.5) is 0 Å². The quantitative estimate of drug-likeness (QED) is 0.889. The van der Waals surface area contributed by atoms with E-state index in [1.54, 1.807) is 0 Å². The molecule has 126 valence electrons. The molecular weight excluding hydrogens is 292 g/mol. The summed E-state index contributed by atoms with van der Waals surface area (Å²) in [6.07, 6.45) is 5.21. The number of rotatable bonds is 5. The Morgan fingerprint density at radius 2 is 1.42 bits per heavy atom. The second kappa shape index (κ2) is 7.50. The summed E-state index contributed by atoms with van der Waals surface area (Å²) in [7, 11) is 0. The molecule has 0 atom stereocenters. The van der Waals surface area contributed by atoms with Crippen LogP contribution in [0.2, 0.25) is 0 Å². The molecule has 0 spiro atoms. The molecule has 2 aliphatic rings. The molecule has 4 rings (SSSR count). The van der Waals surface area contributed by atoms with Crippen molar-refractivity contribution in [1.29, 1.82) is 0 Å². The average Bonchev–Trinajstić information content (AvgIpc) is 2.61. The molecular formula is C22H28N2. The lowest BCUT2D eigenvalue weighted by Gasteiger charge is -2.41. The van der Waals surface area contributed by atoms with E-state index in [2.05, 4.69) is 70.9 Å². The first kappa shape index (κ1) is 15.9. The van der Waals surface area contributed by atoms with Gasteiger partial charge < -0.3 is 5.32 Å². The Labute approximate surface area is 145 Å². The molecule has 2 nitrogen and oxygen atoms in total. The molecule has 2 heteroatoms.